The van der Waals surface area contributed by atoms with Crippen LogP contribution in [0.5, 0.6) is 0 Å². The number of aliphatic hydroxyl groups is 1. The maximum absolute atomic E-state index is 13.5. The number of rotatable bonds is 8. The lowest BCUT2D eigenvalue weighted by Gasteiger charge is -2.64. The third-order valence-corrected chi connectivity index (χ3v) is 11.8. The van der Waals surface area contributed by atoms with Gasteiger partial charge in [0.05, 0.1) is 17.4 Å². The van der Waals surface area contributed by atoms with Crippen molar-refractivity contribution < 1.29 is 29.0 Å². The number of carbonyl (C=O) groups is 3. The van der Waals surface area contributed by atoms with Gasteiger partial charge in [-0.05, 0) is 115 Å². The Morgan fingerprint density at radius 1 is 0.946 bits per heavy atom. The van der Waals surface area contributed by atoms with Crippen molar-refractivity contribution in [3.8, 4) is 0 Å². The van der Waals surface area contributed by atoms with Crippen LogP contribution in [0.3, 0.4) is 0 Å². The Balaban J connectivity index is 1.09. The molecular weight excluding hydrogens is 468 g/mol. The second kappa shape index (κ2) is 8.53. The Morgan fingerprint density at radius 2 is 1.57 bits per heavy atom. The first-order valence-electron chi connectivity index (χ1n) is 15.1. The summed E-state index contributed by atoms with van der Waals surface area (Å²) >= 11 is 0. The zero-order valence-corrected chi connectivity index (χ0v) is 23.2. The molecule has 4 unspecified atom stereocenters. The molecule has 0 radical (unpaired) electrons. The second-order valence-corrected chi connectivity index (χ2v) is 15.0. The first kappa shape index (κ1) is 25.8. The summed E-state index contributed by atoms with van der Waals surface area (Å²) in [5.74, 6) is 0.858. The number of hydrogen-bond donors (Lipinski definition) is 1. The molecule has 37 heavy (non-hydrogen) atoms. The fourth-order valence-corrected chi connectivity index (χ4v) is 10.4. The van der Waals surface area contributed by atoms with Crippen LogP contribution in [0, 0.1) is 46.8 Å². The van der Waals surface area contributed by atoms with Gasteiger partial charge in [0.1, 0.15) is 17.0 Å². The first-order chi connectivity index (χ1) is 17.3. The van der Waals surface area contributed by atoms with Gasteiger partial charge in [0, 0.05) is 17.3 Å². The summed E-state index contributed by atoms with van der Waals surface area (Å²) < 4.78 is 12.5. The molecule has 0 heterocycles. The smallest absolute Gasteiger partial charge is 0.309 e. The molecule has 0 amide bonds. The number of ether oxygens (including phenoxy) is 2. The molecule has 0 spiro atoms. The van der Waals surface area contributed by atoms with Crippen LogP contribution in [-0.2, 0) is 23.9 Å². The Labute approximate surface area is 221 Å². The zero-order chi connectivity index (χ0) is 26.4. The van der Waals surface area contributed by atoms with Gasteiger partial charge in [0.2, 0.25) is 0 Å². The molecule has 8 atom stereocenters. The molecule has 0 aliphatic heterocycles. The van der Waals surface area contributed by atoms with Crippen LogP contribution < -0.4 is 0 Å². The summed E-state index contributed by atoms with van der Waals surface area (Å²) in [6.07, 6.45) is 11.0. The minimum Gasteiger partial charge on any atom is -0.459 e. The number of hydrogen-bond acceptors (Lipinski definition) is 6. The van der Waals surface area contributed by atoms with Crippen LogP contribution in [0.2, 0.25) is 0 Å². The third-order valence-electron chi connectivity index (χ3n) is 11.8. The van der Waals surface area contributed by atoms with E-state index in [1.165, 1.54) is 6.42 Å². The van der Waals surface area contributed by atoms with E-state index in [1.54, 1.807) is 0 Å². The topological polar surface area (TPSA) is 89.9 Å². The lowest BCUT2D eigenvalue weighted by Crippen LogP contribution is -2.63. The molecule has 8 aliphatic rings. The Kier molecular flexibility index (Phi) is 5.96. The zero-order valence-electron chi connectivity index (χ0n) is 23.2. The van der Waals surface area contributed by atoms with Crippen molar-refractivity contribution in [2.45, 2.75) is 128 Å². The van der Waals surface area contributed by atoms with Crippen LogP contribution in [-0.4, -0.2) is 39.6 Å². The summed E-state index contributed by atoms with van der Waals surface area (Å²) in [5, 5.41) is 11.2. The normalized spacial score (nSPS) is 45.1. The lowest BCUT2D eigenvalue weighted by atomic mass is 9.44. The van der Waals surface area contributed by atoms with Crippen LogP contribution in [0.1, 0.15) is 111 Å². The van der Waals surface area contributed by atoms with Crippen molar-refractivity contribution in [3.05, 3.63) is 0 Å². The van der Waals surface area contributed by atoms with Crippen molar-refractivity contribution >= 4 is 17.7 Å². The largest absolute Gasteiger partial charge is 0.459 e. The molecule has 6 heteroatoms. The standard InChI is InChI=1S/C31H46O6/c1-5-22(6-18(2)26(33)37-31-14-19-8-23(15-31)25(32)24(9-19)16-31)27(34)36-28(3,4)29-10-20-7-21(11-29)13-30(35,12-20)17-29/h18-24,35H,5-17H2,1-4H3/t18?,19?,20-,21?,22?,23-,24-,29?,30+,31?/m0/s1. The van der Waals surface area contributed by atoms with Gasteiger partial charge in [0.15, 0.2) is 0 Å². The van der Waals surface area contributed by atoms with Crippen LogP contribution in [0.25, 0.3) is 0 Å². The van der Waals surface area contributed by atoms with Gasteiger partial charge < -0.3 is 14.6 Å². The van der Waals surface area contributed by atoms with E-state index in [0.717, 1.165) is 51.4 Å². The van der Waals surface area contributed by atoms with Gasteiger partial charge in [-0.1, -0.05) is 13.8 Å². The van der Waals surface area contributed by atoms with E-state index in [0.29, 0.717) is 49.2 Å². The molecule has 0 aromatic rings. The molecule has 8 rings (SSSR count). The lowest BCUT2D eigenvalue weighted by molar-refractivity contribution is -0.234. The van der Waals surface area contributed by atoms with Gasteiger partial charge in [-0.3, -0.25) is 14.4 Å². The Bertz CT molecular complexity index is 950. The molecule has 0 aromatic carbocycles. The number of ketones is 1. The maximum atomic E-state index is 13.5. The minimum absolute atomic E-state index is 0.0672. The highest BCUT2D eigenvalue weighted by Crippen LogP contribution is 2.65. The molecular formula is C31H46O6. The molecule has 0 aromatic heterocycles. The van der Waals surface area contributed by atoms with Crippen LogP contribution >= 0.6 is 0 Å². The Hall–Kier alpha value is -1.43. The fraction of sp³-hybridized carbons (Fsp3) is 0.903. The monoisotopic (exact) mass is 514 g/mol. The average Bonchev–Trinajstić information content (AvgIpc) is 2.77. The van der Waals surface area contributed by atoms with E-state index in [-0.39, 0.29) is 35.1 Å². The maximum Gasteiger partial charge on any atom is 0.309 e. The van der Waals surface area contributed by atoms with E-state index >= 15 is 0 Å². The van der Waals surface area contributed by atoms with Crippen molar-refractivity contribution in [1.82, 2.24) is 0 Å². The summed E-state index contributed by atoms with van der Waals surface area (Å²) in [5.41, 5.74) is -1.89. The predicted molar refractivity (Wildman–Crippen MR) is 137 cm³/mol. The summed E-state index contributed by atoms with van der Waals surface area (Å²) in [4.78, 5) is 39.3. The van der Waals surface area contributed by atoms with E-state index in [9.17, 15) is 19.5 Å². The highest BCUT2D eigenvalue weighted by atomic mass is 16.6. The highest BCUT2D eigenvalue weighted by Gasteiger charge is 2.63. The molecule has 8 saturated carbocycles. The highest BCUT2D eigenvalue weighted by molar-refractivity contribution is 5.86. The molecule has 8 aliphatic carbocycles. The van der Waals surface area contributed by atoms with Crippen molar-refractivity contribution in [3.63, 3.8) is 0 Å². The third kappa shape index (κ3) is 4.28. The van der Waals surface area contributed by atoms with Crippen LogP contribution in [0.15, 0.2) is 0 Å². The minimum atomic E-state index is -0.654. The van der Waals surface area contributed by atoms with E-state index in [4.69, 9.17) is 9.47 Å². The van der Waals surface area contributed by atoms with Gasteiger partial charge in [-0.15, -0.1) is 0 Å². The molecule has 0 saturated heterocycles. The van der Waals surface area contributed by atoms with E-state index in [2.05, 4.69) is 0 Å². The SMILES string of the molecule is CCC(CC(C)C(=O)OC12CC3C[C@@H](C1)C(=O)[C@@H](C3)C2)C(=O)OC(C)(C)C12CC3C[C@@H](C1)C[C@@](O)(C3)C2. The summed E-state index contributed by atoms with van der Waals surface area (Å²) in [7, 11) is 0. The fourth-order valence-electron chi connectivity index (χ4n) is 10.4. The van der Waals surface area contributed by atoms with E-state index in [1.807, 2.05) is 27.7 Å². The predicted octanol–water partition coefficient (Wildman–Crippen LogP) is 5.38. The number of carbonyl (C=O) groups excluding carboxylic acids is 3. The van der Waals surface area contributed by atoms with Crippen molar-refractivity contribution in [1.29, 1.82) is 0 Å². The van der Waals surface area contributed by atoms with Gasteiger partial charge in [-0.2, -0.15) is 0 Å². The van der Waals surface area contributed by atoms with Gasteiger partial charge in [-0.25, -0.2) is 0 Å². The first-order valence-corrected chi connectivity index (χ1v) is 15.1. The Morgan fingerprint density at radius 3 is 2.14 bits per heavy atom. The molecule has 6 nitrogen and oxygen atoms in total. The van der Waals surface area contributed by atoms with Crippen molar-refractivity contribution in [2.75, 3.05) is 0 Å². The molecule has 1 N–H and O–H groups in total. The summed E-state index contributed by atoms with van der Waals surface area (Å²) in [6, 6.07) is 0. The van der Waals surface area contributed by atoms with Gasteiger partial charge in [0.25, 0.3) is 0 Å². The number of Topliss-reactive ketones (excluding diaryl/α,β-unsaturated/α-hetero) is 1. The van der Waals surface area contributed by atoms with E-state index < -0.39 is 22.7 Å². The second-order valence-electron chi connectivity index (χ2n) is 15.0. The summed E-state index contributed by atoms with van der Waals surface area (Å²) in [6.45, 7) is 7.93. The quantitative estimate of drug-likeness (QED) is 0.437. The molecule has 8 fully saturated rings. The van der Waals surface area contributed by atoms with Crippen molar-refractivity contribution in [2.24, 2.45) is 46.8 Å². The van der Waals surface area contributed by atoms with Crippen LogP contribution in [0.4, 0.5) is 0 Å². The van der Waals surface area contributed by atoms with Gasteiger partial charge >= 0.3 is 11.9 Å². The number of esters is 2. The average molecular weight is 515 g/mol. The molecule has 206 valence electrons. The molecule has 8 bridgehead atoms.